The number of alkyl halides is 3. The number of rotatable bonds is 6. The zero-order valence-corrected chi connectivity index (χ0v) is 15.7. The molecule has 0 aliphatic heterocycles. The average Bonchev–Trinajstić information content (AvgIpc) is 2.74. The number of anilines is 1. The highest BCUT2D eigenvalue weighted by molar-refractivity contribution is 5.99. The third-order valence-corrected chi connectivity index (χ3v) is 3.94. The van der Waals surface area contributed by atoms with E-state index >= 15 is 0 Å². The second kappa shape index (κ2) is 9.24. The lowest BCUT2D eigenvalue weighted by atomic mass is 10.1. The minimum atomic E-state index is -4.50. The summed E-state index contributed by atoms with van der Waals surface area (Å²) in [6, 6.07) is 12.0. The molecule has 160 valence electrons. The Morgan fingerprint density at radius 2 is 1.61 bits per heavy atom. The quantitative estimate of drug-likeness (QED) is 0.565. The molecule has 0 unspecified atom stereocenters. The molecular weight excluding hydrogens is 418 g/mol. The summed E-state index contributed by atoms with van der Waals surface area (Å²) in [5.74, 6) is -1.04. The van der Waals surface area contributed by atoms with Gasteiger partial charge in [0, 0.05) is 11.6 Å². The Labute approximate surface area is 173 Å². The Morgan fingerprint density at radius 1 is 0.935 bits per heavy atom. The number of amides is 2. The van der Waals surface area contributed by atoms with Crippen LogP contribution < -0.4 is 15.4 Å². The minimum Gasteiger partial charge on any atom is -0.439 e. The number of nitrogens with zero attached hydrogens (tertiary/aromatic N) is 1. The first kappa shape index (κ1) is 21.8. The van der Waals surface area contributed by atoms with Crippen LogP contribution in [0.15, 0.2) is 66.9 Å². The molecule has 0 bridgehead atoms. The standard InChI is InChI=1S/C21H15F4N3O3/c22-15-5-8-17(9-6-15)31-19-10-7-16(11-26-19)28-18(29)12-27-20(30)13-1-3-14(4-2-13)21(23,24)25/h1-11H,12H2,(H,27,30)(H,28,29). The van der Waals surface area contributed by atoms with Crippen molar-refractivity contribution in [3.63, 3.8) is 0 Å². The predicted molar refractivity (Wildman–Crippen MR) is 103 cm³/mol. The molecule has 0 atom stereocenters. The van der Waals surface area contributed by atoms with Crippen LogP contribution in [-0.2, 0) is 11.0 Å². The average molecular weight is 433 g/mol. The molecule has 3 aromatic rings. The highest BCUT2D eigenvalue weighted by atomic mass is 19.4. The van der Waals surface area contributed by atoms with Crippen LogP contribution in [0, 0.1) is 5.82 Å². The summed E-state index contributed by atoms with van der Waals surface area (Å²) < 4.78 is 56.0. The molecule has 0 aliphatic rings. The first-order valence-electron chi connectivity index (χ1n) is 8.85. The molecule has 2 N–H and O–H groups in total. The fraction of sp³-hybridized carbons (Fsp3) is 0.0952. The second-order valence-corrected chi connectivity index (χ2v) is 6.25. The number of carbonyl (C=O) groups is 2. The Bertz CT molecular complexity index is 1050. The highest BCUT2D eigenvalue weighted by Crippen LogP contribution is 2.29. The van der Waals surface area contributed by atoms with Crippen LogP contribution in [0.2, 0.25) is 0 Å². The number of carbonyl (C=O) groups excluding carboxylic acids is 2. The van der Waals surface area contributed by atoms with E-state index in [1.165, 1.54) is 42.6 Å². The van der Waals surface area contributed by atoms with Gasteiger partial charge in [0.25, 0.3) is 5.91 Å². The van der Waals surface area contributed by atoms with E-state index in [1.807, 2.05) is 0 Å². The van der Waals surface area contributed by atoms with E-state index in [0.29, 0.717) is 11.4 Å². The van der Waals surface area contributed by atoms with Gasteiger partial charge in [-0.1, -0.05) is 0 Å². The van der Waals surface area contributed by atoms with Crippen LogP contribution in [0.1, 0.15) is 15.9 Å². The van der Waals surface area contributed by atoms with Crippen LogP contribution in [0.4, 0.5) is 23.2 Å². The number of pyridine rings is 1. The van der Waals surface area contributed by atoms with Crippen LogP contribution in [0.25, 0.3) is 0 Å². The summed E-state index contributed by atoms with van der Waals surface area (Å²) in [5, 5.41) is 4.82. The maximum atomic E-state index is 12.9. The van der Waals surface area contributed by atoms with Gasteiger partial charge in [0.1, 0.15) is 11.6 Å². The summed E-state index contributed by atoms with van der Waals surface area (Å²) in [7, 11) is 0. The van der Waals surface area contributed by atoms with Crippen LogP contribution in [-0.4, -0.2) is 23.3 Å². The van der Waals surface area contributed by atoms with Crippen molar-refractivity contribution < 1.29 is 31.9 Å². The normalized spacial score (nSPS) is 11.0. The second-order valence-electron chi connectivity index (χ2n) is 6.25. The van der Waals surface area contributed by atoms with Gasteiger partial charge >= 0.3 is 6.18 Å². The molecule has 2 amide bonds. The van der Waals surface area contributed by atoms with Crippen LogP contribution >= 0.6 is 0 Å². The Morgan fingerprint density at radius 3 is 2.19 bits per heavy atom. The molecular formula is C21H15F4N3O3. The lowest BCUT2D eigenvalue weighted by Gasteiger charge is -2.09. The van der Waals surface area contributed by atoms with Crippen molar-refractivity contribution in [3.05, 3.63) is 83.8 Å². The van der Waals surface area contributed by atoms with Gasteiger partial charge in [0.15, 0.2) is 0 Å². The third-order valence-electron chi connectivity index (χ3n) is 3.94. The molecule has 0 fully saturated rings. The lowest BCUT2D eigenvalue weighted by Crippen LogP contribution is -2.32. The van der Waals surface area contributed by atoms with Gasteiger partial charge in [-0.15, -0.1) is 0 Å². The molecule has 3 rings (SSSR count). The summed E-state index contributed by atoms with van der Waals surface area (Å²) in [5.41, 5.74) is -0.550. The molecule has 0 saturated heterocycles. The molecule has 1 heterocycles. The SMILES string of the molecule is O=C(CNC(=O)c1ccc(C(F)(F)F)cc1)Nc1ccc(Oc2ccc(F)cc2)nc1. The fourth-order valence-corrected chi connectivity index (χ4v) is 2.42. The number of nitrogens with one attached hydrogen (secondary N) is 2. The number of halogens is 4. The molecule has 0 spiro atoms. The Balaban J connectivity index is 1.49. The van der Waals surface area contributed by atoms with Crippen molar-refractivity contribution in [2.45, 2.75) is 6.18 Å². The van der Waals surface area contributed by atoms with Crippen molar-refractivity contribution in [2.75, 3.05) is 11.9 Å². The van der Waals surface area contributed by atoms with Crippen LogP contribution in [0.3, 0.4) is 0 Å². The fourth-order valence-electron chi connectivity index (χ4n) is 2.42. The summed E-state index contributed by atoms with van der Waals surface area (Å²) in [4.78, 5) is 28.0. The van der Waals surface area contributed by atoms with Crippen molar-refractivity contribution in [1.82, 2.24) is 10.3 Å². The first-order valence-corrected chi connectivity index (χ1v) is 8.85. The van der Waals surface area contributed by atoms with Gasteiger partial charge in [-0.2, -0.15) is 13.2 Å². The molecule has 6 nitrogen and oxygen atoms in total. The first-order chi connectivity index (χ1) is 14.7. The van der Waals surface area contributed by atoms with Crippen molar-refractivity contribution >= 4 is 17.5 Å². The number of hydrogen-bond acceptors (Lipinski definition) is 4. The molecule has 0 aliphatic carbocycles. The topological polar surface area (TPSA) is 80.3 Å². The minimum absolute atomic E-state index is 0.00948. The van der Waals surface area contributed by atoms with Crippen molar-refractivity contribution in [2.24, 2.45) is 0 Å². The molecule has 31 heavy (non-hydrogen) atoms. The van der Waals surface area contributed by atoms with Gasteiger partial charge in [-0.25, -0.2) is 9.37 Å². The predicted octanol–water partition coefficient (Wildman–Crippen LogP) is 4.40. The van der Waals surface area contributed by atoms with Crippen molar-refractivity contribution in [1.29, 1.82) is 0 Å². The number of benzene rings is 2. The molecule has 2 aromatic carbocycles. The van der Waals surface area contributed by atoms with E-state index in [4.69, 9.17) is 4.74 Å². The largest absolute Gasteiger partial charge is 0.439 e. The zero-order chi connectivity index (χ0) is 22.4. The Hall–Kier alpha value is -3.95. The van der Waals surface area contributed by atoms with E-state index in [2.05, 4.69) is 15.6 Å². The van der Waals surface area contributed by atoms with Gasteiger partial charge in [0.2, 0.25) is 11.8 Å². The lowest BCUT2D eigenvalue weighted by molar-refractivity contribution is -0.137. The van der Waals surface area contributed by atoms with Gasteiger partial charge < -0.3 is 15.4 Å². The number of ether oxygens (including phenoxy) is 1. The summed E-state index contributed by atoms with van der Waals surface area (Å²) >= 11 is 0. The van der Waals surface area contributed by atoms with E-state index in [-0.39, 0.29) is 11.4 Å². The van der Waals surface area contributed by atoms with Crippen LogP contribution in [0.5, 0.6) is 11.6 Å². The van der Waals surface area contributed by atoms with Crippen molar-refractivity contribution in [3.8, 4) is 11.6 Å². The molecule has 10 heteroatoms. The van der Waals surface area contributed by atoms with Gasteiger partial charge in [0.05, 0.1) is 24.0 Å². The Kier molecular flexibility index (Phi) is 6.49. The van der Waals surface area contributed by atoms with Gasteiger partial charge in [-0.3, -0.25) is 9.59 Å². The van der Waals surface area contributed by atoms with Gasteiger partial charge in [-0.05, 0) is 54.6 Å². The molecule has 0 radical (unpaired) electrons. The van der Waals surface area contributed by atoms with E-state index in [9.17, 15) is 27.2 Å². The maximum Gasteiger partial charge on any atom is 0.416 e. The molecule has 1 aromatic heterocycles. The monoisotopic (exact) mass is 433 g/mol. The molecule has 0 saturated carbocycles. The smallest absolute Gasteiger partial charge is 0.416 e. The number of hydrogen-bond donors (Lipinski definition) is 2. The third kappa shape index (κ3) is 6.26. The summed E-state index contributed by atoms with van der Waals surface area (Å²) in [6.07, 6.45) is -3.17. The van der Waals surface area contributed by atoms with E-state index < -0.39 is 35.9 Å². The zero-order valence-electron chi connectivity index (χ0n) is 15.7. The van der Waals surface area contributed by atoms with E-state index in [0.717, 1.165) is 24.3 Å². The maximum absolute atomic E-state index is 12.9. The summed E-state index contributed by atoms with van der Waals surface area (Å²) in [6.45, 7) is -0.395. The highest BCUT2D eigenvalue weighted by Gasteiger charge is 2.30. The van der Waals surface area contributed by atoms with E-state index in [1.54, 1.807) is 0 Å². The number of aromatic nitrogens is 1.